The first-order chi connectivity index (χ1) is 12.5. The van der Waals surface area contributed by atoms with Gasteiger partial charge in [0.05, 0.1) is 6.07 Å². The summed E-state index contributed by atoms with van der Waals surface area (Å²) in [6.07, 6.45) is 1.42. The van der Waals surface area contributed by atoms with Gasteiger partial charge in [-0.25, -0.2) is 4.79 Å². The summed E-state index contributed by atoms with van der Waals surface area (Å²) in [5.74, 6) is 1.72. The van der Waals surface area contributed by atoms with Crippen molar-refractivity contribution in [3.05, 3.63) is 58.1 Å². The normalized spacial score (nSPS) is 14.9. The molecule has 0 spiro atoms. The zero-order valence-corrected chi connectivity index (χ0v) is 15.1. The van der Waals surface area contributed by atoms with Gasteiger partial charge in [-0.05, 0) is 31.5 Å². The lowest BCUT2D eigenvalue weighted by molar-refractivity contribution is -0.135. The van der Waals surface area contributed by atoms with Gasteiger partial charge in [-0.3, -0.25) is 4.79 Å². The third kappa shape index (κ3) is 4.88. The van der Waals surface area contributed by atoms with Crippen molar-refractivity contribution < 1.29 is 18.7 Å². The van der Waals surface area contributed by atoms with E-state index in [9.17, 15) is 9.59 Å². The summed E-state index contributed by atoms with van der Waals surface area (Å²) in [5.41, 5.74) is 0.680. The monoisotopic (exact) mass is 357 g/mol. The number of ether oxygens (including phenoxy) is 2. The van der Waals surface area contributed by atoms with Crippen LogP contribution in [0.1, 0.15) is 24.2 Å². The molecule has 1 aliphatic rings. The van der Waals surface area contributed by atoms with Crippen LogP contribution in [0.5, 0.6) is 11.5 Å². The maximum absolute atomic E-state index is 12.3. The highest BCUT2D eigenvalue weighted by Crippen LogP contribution is 2.19. The number of nitrogens with zero attached hydrogens (tertiary/aromatic N) is 1. The Morgan fingerprint density at radius 3 is 2.62 bits per heavy atom. The van der Waals surface area contributed by atoms with Crippen LogP contribution in [0.15, 0.2) is 45.6 Å². The first-order valence-electron chi connectivity index (χ1n) is 8.75. The Labute approximate surface area is 152 Å². The van der Waals surface area contributed by atoms with Gasteiger partial charge in [-0.15, -0.1) is 0 Å². The largest absolute Gasteiger partial charge is 0.490 e. The van der Waals surface area contributed by atoms with Crippen molar-refractivity contribution in [2.45, 2.75) is 32.8 Å². The van der Waals surface area contributed by atoms with E-state index in [2.05, 4.69) is 0 Å². The second-order valence-electron chi connectivity index (χ2n) is 6.53. The van der Waals surface area contributed by atoms with Crippen LogP contribution in [0.2, 0.25) is 0 Å². The van der Waals surface area contributed by atoms with Gasteiger partial charge in [-0.1, -0.05) is 12.1 Å². The molecule has 1 amide bonds. The summed E-state index contributed by atoms with van der Waals surface area (Å²) in [5, 5.41) is 0. The van der Waals surface area contributed by atoms with Crippen molar-refractivity contribution in [2.75, 3.05) is 19.7 Å². The van der Waals surface area contributed by atoms with Crippen molar-refractivity contribution in [2.24, 2.45) is 0 Å². The van der Waals surface area contributed by atoms with Gasteiger partial charge in [0.2, 0.25) is 0 Å². The van der Waals surface area contributed by atoms with Crippen molar-refractivity contribution in [3.8, 4) is 11.5 Å². The number of benzene rings is 1. The summed E-state index contributed by atoms with van der Waals surface area (Å²) in [4.78, 5) is 25.5. The number of carbonyl (C=O) groups is 1. The molecule has 1 aromatic carbocycles. The Hall–Kier alpha value is -2.76. The Balaban J connectivity index is 1.47. The van der Waals surface area contributed by atoms with E-state index < -0.39 is 5.63 Å². The van der Waals surface area contributed by atoms with E-state index in [1.807, 2.05) is 31.2 Å². The molecule has 0 unspecified atom stereocenters. The molecule has 0 aliphatic carbocycles. The molecule has 0 radical (unpaired) electrons. The van der Waals surface area contributed by atoms with E-state index in [1.165, 1.54) is 6.07 Å². The molecular weight excluding hydrogens is 334 g/mol. The molecule has 0 bridgehead atoms. The summed E-state index contributed by atoms with van der Waals surface area (Å²) < 4.78 is 16.4. The summed E-state index contributed by atoms with van der Waals surface area (Å²) in [7, 11) is 0. The number of likely N-dealkylation sites (tertiary alicyclic amines) is 1. The lowest BCUT2D eigenvalue weighted by Gasteiger charge is -2.32. The van der Waals surface area contributed by atoms with Gasteiger partial charge in [0, 0.05) is 32.0 Å². The molecule has 1 aromatic heterocycles. The van der Waals surface area contributed by atoms with Crippen LogP contribution in [-0.2, 0) is 4.79 Å². The molecule has 138 valence electrons. The van der Waals surface area contributed by atoms with Crippen LogP contribution in [0.4, 0.5) is 0 Å². The zero-order valence-electron chi connectivity index (χ0n) is 15.1. The van der Waals surface area contributed by atoms with E-state index >= 15 is 0 Å². The number of hydrogen-bond acceptors (Lipinski definition) is 5. The third-order valence-electron chi connectivity index (χ3n) is 4.32. The molecule has 3 rings (SSSR count). The summed E-state index contributed by atoms with van der Waals surface area (Å²) in [6.45, 7) is 4.96. The van der Waals surface area contributed by atoms with Crippen LogP contribution < -0.4 is 15.1 Å². The fourth-order valence-corrected chi connectivity index (χ4v) is 3.00. The summed E-state index contributed by atoms with van der Waals surface area (Å²) >= 11 is 0. The predicted molar refractivity (Wildman–Crippen MR) is 96.6 cm³/mol. The first-order valence-corrected chi connectivity index (χ1v) is 8.75. The third-order valence-corrected chi connectivity index (χ3v) is 4.32. The van der Waals surface area contributed by atoms with Crippen molar-refractivity contribution >= 4 is 5.91 Å². The average molecular weight is 357 g/mol. The zero-order chi connectivity index (χ0) is 18.5. The van der Waals surface area contributed by atoms with Crippen molar-refractivity contribution in [1.29, 1.82) is 0 Å². The predicted octanol–water partition coefficient (Wildman–Crippen LogP) is 2.71. The molecular formula is C20H23NO5. The Morgan fingerprint density at radius 2 is 1.92 bits per heavy atom. The number of aryl methyl sites for hydroxylation is 2. The number of piperidine rings is 1. The number of carbonyl (C=O) groups excluding carboxylic acids is 1. The Morgan fingerprint density at radius 1 is 1.15 bits per heavy atom. The molecule has 0 saturated carbocycles. The molecule has 6 nitrogen and oxygen atoms in total. The van der Waals surface area contributed by atoms with Gasteiger partial charge < -0.3 is 18.8 Å². The fourth-order valence-electron chi connectivity index (χ4n) is 3.00. The summed E-state index contributed by atoms with van der Waals surface area (Å²) in [6, 6.07) is 10.7. The van der Waals surface area contributed by atoms with Gasteiger partial charge in [0.1, 0.15) is 23.4 Å². The highest BCUT2D eigenvalue weighted by molar-refractivity contribution is 5.77. The lowest BCUT2D eigenvalue weighted by atomic mass is 10.1. The van der Waals surface area contributed by atoms with Crippen LogP contribution in [-0.4, -0.2) is 36.6 Å². The first kappa shape index (κ1) is 18.0. The van der Waals surface area contributed by atoms with E-state index in [0.717, 1.165) is 18.4 Å². The van der Waals surface area contributed by atoms with Gasteiger partial charge in [-0.2, -0.15) is 0 Å². The maximum Gasteiger partial charge on any atom is 0.339 e. The number of hydrogen-bond donors (Lipinski definition) is 0. The van der Waals surface area contributed by atoms with E-state index in [0.29, 0.717) is 30.3 Å². The molecule has 1 saturated heterocycles. The van der Waals surface area contributed by atoms with Crippen LogP contribution >= 0.6 is 0 Å². The standard InChI is InChI=1S/C20H23NO5/c1-14-4-3-5-17(10-14)24-13-19(22)21-8-6-16(7-9-21)26-18-11-15(2)25-20(23)12-18/h3-5,10-12,16H,6-9,13H2,1-2H3. The molecule has 26 heavy (non-hydrogen) atoms. The second-order valence-corrected chi connectivity index (χ2v) is 6.53. The molecule has 0 N–H and O–H groups in total. The maximum atomic E-state index is 12.3. The van der Waals surface area contributed by atoms with Crippen LogP contribution in [0.3, 0.4) is 0 Å². The fraction of sp³-hybridized carbons (Fsp3) is 0.400. The minimum atomic E-state index is -0.416. The number of amides is 1. The molecule has 1 fully saturated rings. The lowest BCUT2D eigenvalue weighted by Crippen LogP contribution is -2.43. The quantitative estimate of drug-likeness (QED) is 0.823. The Kier molecular flexibility index (Phi) is 5.61. The van der Waals surface area contributed by atoms with Crippen LogP contribution in [0.25, 0.3) is 0 Å². The highest BCUT2D eigenvalue weighted by atomic mass is 16.5. The molecule has 0 atom stereocenters. The van der Waals surface area contributed by atoms with E-state index in [1.54, 1.807) is 17.9 Å². The SMILES string of the molecule is Cc1cccc(OCC(=O)N2CCC(Oc3cc(C)oc(=O)c3)CC2)c1. The highest BCUT2D eigenvalue weighted by Gasteiger charge is 2.24. The van der Waals surface area contributed by atoms with Gasteiger partial charge in [0.25, 0.3) is 5.91 Å². The second kappa shape index (κ2) is 8.08. The topological polar surface area (TPSA) is 69.0 Å². The number of rotatable bonds is 5. The average Bonchev–Trinajstić information content (AvgIpc) is 2.59. The van der Waals surface area contributed by atoms with Gasteiger partial charge >= 0.3 is 5.63 Å². The van der Waals surface area contributed by atoms with Gasteiger partial charge in [0.15, 0.2) is 6.61 Å². The smallest absolute Gasteiger partial charge is 0.339 e. The molecule has 2 aromatic rings. The molecule has 2 heterocycles. The minimum Gasteiger partial charge on any atom is -0.490 e. The van der Waals surface area contributed by atoms with Crippen LogP contribution in [0, 0.1) is 13.8 Å². The minimum absolute atomic E-state index is 0.0158. The van der Waals surface area contributed by atoms with E-state index in [-0.39, 0.29) is 18.6 Å². The molecule has 1 aliphatic heterocycles. The van der Waals surface area contributed by atoms with Crippen molar-refractivity contribution in [1.82, 2.24) is 4.90 Å². The molecule has 6 heteroatoms. The Bertz CT molecular complexity index is 821. The van der Waals surface area contributed by atoms with E-state index in [4.69, 9.17) is 13.9 Å². The van der Waals surface area contributed by atoms with Crippen molar-refractivity contribution in [3.63, 3.8) is 0 Å².